The fourth-order valence-electron chi connectivity index (χ4n) is 2.06. The largest absolute Gasteiger partial charge is 0.462 e. The summed E-state index contributed by atoms with van der Waals surface area (Å²) >= 11 is 0. The molecule has 1 aromatic carbocycles. The molecule has 1 atom stereocenters. The molecule has 0 fully saturated rings. The van der Waals surface area contributed by atoms with Crippen LogP contribution in [0.2, 0.25) is 0 Å². The molecule has 1 aliphatic heterocycles. The van der Waals surface area contributed by atoms with Crippen LogP contribution in [0.15, 0.2) is 36.5 Å². The van der Waals surface area contributed by atoms with Gasteiger partial charge in [-0.2, -0.15) is 0 Å². The number of aromatic nitrogens is 1. The minimum absolute atomic E-state index is 0.375. The second-order valence-electron chi connectivity index (χ2n) is 4.87. The molecule has 2 heterocycles. The van der Waals surface area contributed by atoms with Gasteiger partial charge < -0.3 is 14.2 Å². The predicted molar refractivity (Wildman–Crippen MR) is 80.2 cm³/mol. The minimum atomic E-state index is -0.439. The topological polar surface area (TPSA) is 57.7 Å². The van der Waals surface area contributed by atoms with E-state index in [1.807, 2.05) is 6.07 Å². The van der Waals surface area contributed by atoms with Crippen molar-refractivity contribution in [1.29, 1.82) is 0 Å². The first-order valence-corrected chi connectivity index (χ1v) is 6.89. The van der Waals surface area contributed by atoms with E-state index in [0.29, 0.717) is 27.4 Å². The Labute approximate surface area is 127 Å². The summed E-state index contributed by atoms with van der Waals surface area (Å²) in [5.74, 6) is -0.0641. The molecule has 0 spiro atoms. The normalized spacial score (nSPS) is 16.0. The van der Waals surface area contributed by atoms with Crippen molar-refractivity contribution < 1.29 is 19.0 Å². The zero-order chi connectivity index (χ0) is 15.5. The van der Waals surface area contributed by atoms with Crippen LogP contribution in [-0.4, -0.2) is 17.2 Å². The highest BCUT2D eigenvalue weighted by atomic mass is 16.7. The Balaban J connectivity index is 2.04. The third-order valence-corrected chi connectivity index (χ3v) is 3.25. The van der Waals surface area contributed by atoms with Crippen molar-refractivity contribution in [2.75, 3.05) is 0 Å². The Hall–Kier alpha value is -2.82. The van der Waals surface area contributed by atoms with Crippen LogP contribution in [0.25, 0.3) is 12.5 Å². The minimum Gasteiger partial charge on any atom is -0.462 e. The summed E-state index contributed by atoms with van der Waals surface area (Å²) in [5, 5.41) is 1.34. The van der Waals surface area contributed by atoms with E-state index in [1.165, 1.54) is 6.26 Å². The Morgan fingerprint density at radius 3 is 2.68 bits per heavy atom. The molecule has 0 saturated carbocycles. The molecule has 0 bridgehead atoms. The van der Waals surface area contributed by atoms with Gasteiger partial charge in [0.2, 0.25) is 6.29 Å². The summed E-state index contributed by atoms with van der Waals surface area (Å²) in [6.45, 7) is 3.55. The van der Waals surface area contributed by atoms with Crippen molar-refractivity contribution in [3.05, 3.63) is 58.2 Å². The quantitative estimate of drug-likeness (QED) is 0.786. The van der Waals surface area contributed by atoms with Crippen molar-refractivity contribution in [2.24, 2.45) is 0 Å². The van der Waals surface area contributed by atoms with Crippen LogP contribution < -0.4 is 15.2 Å². The highest BCUT2D eigenvalue weighted by Crippen LogP contribution is 2.11. The van der Waals surface area contributed by atoms with E-state index in [1.54, 1.807) is 50.6 Å². The van der Waals surface area contributed by atoms with Crippen LogP contribution in [0.3, 0.4) is 0 Å². The molecule has 0 amide bonds. The maximum atomic E-state index is 12.3. The Morgan fingerprint density at radius 2 is 1.91 bits per heavy atom. The molecule has 0 radical (unpaired) electrons. The van der Waals surface area contributed by atoms with Crippen LogP contribution in [0.5, 0.6) is 5.75 Å². The lowest BCUT2D eigenvalue weighted by atomic mass is 10.2. The van der Waals surface area contributed by atoms with E-state index < -0.39 is 12.3 Å². The Bertz CT molecular complexity index is 815. The summed E-state index contributed by atoms with van der Waals surface area (Å²) in [4.78, 5) is 16.5. The molecule has 0 N–H and O–H groups in total. The van der Waals surface area contributed by atoms with Gasteiger partial charge >= 0.3 is 5.97 Å². The fraction of sp³-hybridized carbons (Fsp3) is 0.176. The number of hydrogen-bond acceptors (Lipinski definition) is 5. The lowest BCUT2D eigenvalue weighted by Gasteiger charge is -2.08. The zero-order valence-electron chi connectivity index (χ0n) is 12.3. The number of rotatable bonds is 2. The molecular formula is C17H15NO4. The molecular weight excluding hydrogens is 282 g/mol. The standard InChI is InChI=1S/C17H15NO4/c1-11-16(22-17(19)13-6-4-3-5-7-13)15-10-21-12(2)20-9-14(15)8-18-11/h3-10,12H,1-2H3. The number of benzene rings is 1. The monoisotopic (exact) mass is 297 g/mol. The van der Waals surface area contributed by atoms with E-state index in [4.69, 9.17) is 14.2 Å². The molecule has 0 saturated heterocycles. The van der Waals surface area contributed by atoms with E-state index in [-0.39, 0.29) is 0 Å². The summed E-state index contributed by atoms with van der Waals surface area (Å²) < 4.78 is 16.3. The van der Waals surface area contributed by atoms with Gasteiger partial charge in [0.25, 0.3) is 0 Å². The van der Waals surface area contributed by atoms with Crippen LogP contribution >= 0.6 is 0 Å². The van der Waals surface area contributed by atoms with Gasteiger partial charge in [-0.15, -0.1) is 0 Å². The first-order valence-electron chi connectivity index (χ1n) is 6.89. The number of hydrogen-bond donors (Lipinski definition) is 0. The summed E-state index contributed by atoms with van der Waals surface area (Å²) in [6.07, 6.45) is 4.33. The number of fused-ring (bicyclic) bond motifs is 1. The molecule has 0 aliphatic carbocycles. The van der Waals surface area contributed by atoms with Crippen LogP contribution in [-0.2, 0) is 9.47 Å². The molecule has 112 valence electrons. The van der Waals surface area contributed by atoms with Crippen molar-refractivity contribution >= 4 is 18.5 Å². The zero-order valence-corrected chi connectivity index (χ0v) is 12.3. The molecule has 1 unspecified atom stereocenters. The number of esters is 1. The maximum absolute atomic E-state index is 12.3. The lowest BCUT2D eigenvalue weighted by molar-refractivity contribution is -0.00741. The molecule has 22 heavy (non-hydrogen) atoms. The number of carbonyl (C=O) groups is 1. The molecule has 1 aromatic heterocycles. The van der Waals surface area contributed by atoms with Crippen molar-refractivity contribution in [3.63, 3.8) is 0 Å². The van der Waals surface area contributed by atoms with Gasteiger partial charge in [-0.1, -0.05) is 18.2 Å². The molecule has 1 aliphatic rings. The number of aryl methyl sites for hydroxylation is 1. The lowest BCUT2D eigenvalue weighted by Crippen LogP contribution is -2.29. The highest BCUT2D eigenvalue weighted by molar-refractivity contribution is 5.91. The second-order valence-corrected chi connectivity index (χ2v) is 4.87. The first kappa shape index (κ1) is 14.1. The van der Waals surface area contributed by atoms with Gasteiger partial charge in [0, 0.05) is 18.3 Å². The van der Waals surface area contributed by atoms with Gasteiger partial charge in [-0.05, 0) is 19.1 Å². The third kappa shape index (κ3) is 2.79. The van der Waals surface area contributed by atoms with Gasteiger partial charge in [0.1, 0.15) is 0 Å². The Kier molecular flexibility index (Phi) is 3.78. The number of ether oxygens (including phenoxy) is 3. The number of nitrogens with zero attached hydrogens (tertiary/aromatic N) is 1. The average molecular weight is 297 g/mol. The number of pyridine rings is 1. The van der Waals surface area contributed by atoms with Crippen molar-refractivity contribution in [1.82, 2.24) is 4.98 Å². The molecule has 3 rings (SSSR count). The van der Waals surface area contributed by atoms with E-state index in [2.05, 4.69) is 4.98 Å². The molecule has 2 aromatic rings. The highest BCUT2D eigenvalue weighted by Gasteiger charge is 2.14. The second kappa shape index (κ2) is 5.89. The summed E-state index contributed by atoms with van der Waals surface area (Å²) in [5.41, 5.74) is 1.08. The summed E-state index contributed by atoms with van der Waals surface area (Å²) in [6, 6.07) is 8.80. The van der Waals surface area contributed by atoms with Crippen molar-refractivity contribution in [2.45, 2.75) is 20.1 Å². The molecule has 5 nitrogen and oxygen atoms in total. The molecule has 5 heteroatoms. The van der Waals surface area contributed by atoms with Gasteiger partial charge in [-0.3, -0.25) is 4.98 Å². The Morgan fingerprint density at radius 1 is 1.18 bits per heavy atom. The van der Waals surface area contributed by atoms with Crippen molar-refractivity contribution in [3.8, 4) is 5.75 Å². The fourth-order valence-corrected chi connectivity index (χ4v) is 2.06. The van der Waals surface area contributed by atoms with E-state index >= 15 is 0 Å². The summed E-state index contributed by atoms with van der Waals surface area (Å²) in [7, 11) is 0. The maximum Gasteiger partial charge on any atom is 0.343 e. The van der Waals surface area contributed by atoms with Gasteiger partial charge in [-0.25, -0.2) is 4.79 Å². The number of carbonyl (C=O) groups excluding carboxylic acids is 1. The first-order chi connectivity index (χ1) is 10.6. The van der Waals surface area contributed by atoms with Gasteiger partial charge in [0.05, 0.1) is 29.0 Å². The third-order valence-electron chi connectivity index (χ3n) is 3.25. The average Bonchev–Trinajstić information content (AvgIpc) is 2.73. The van der Waals surface area contributed by atoms with Crippen LogP contribution in [0.4, 0.5) is 0 Å². The van der Waals surface area contributed by atoms with E-state index in [9.17, 15) is 4.79 Å². The van der Waals surface area contributed by atoms with Crippen LogP contribution in [0.1, 0.15) is 23.0 Å². The SMILES string of the molecule is Cc1ncc2c(c1OC(=O)c1ccccc1)=COC(C)OC=2. The smallest absolute Gasteiger partial charge is 0.343 e. The van der Waals surface area contributed by atoms with Gasteiger partial charge in [0.15, 0.2) is 5.75 Å². The van der Waals surface area contributed by atoms with E-state index in [0.717, 1.165) is 0 Å². The predicted octanol–water partition coefficient (Wildman–Crippen LogP) is 1.48. The van der Waals surface area contributed by atoms with Crippen LogP contribution in [0, 0.1) is 6.92 Å².